The smallest absolute Gasteiger partial charge is 0.274 e. The lowest BCUT2D eigenvalue weighted by Gasteiger charge is -2.25. The average Bonchev–Trinajstić information content (AvgIpc) is 3.54. The highest BCUT2D eigenvalue weighted by atomic mass is 16.2. The minimum Gasteiger partial charge on any atom is -0.354 e. The zero-order valence-corrected chi connectivity index (χ0v) is 28.6. The predicted molar refractivity (Wildman–Crippen MR) is 187 cm³/mol. The zero-order chi connectivity index (χ0) is 35.6. The van der Waals surface area contributed by atoms with E-state index in [1.54, 1.807) is 65.1 Å². The Balaban J connectivity index is 1.41. The van der Waals surface area contributed by atoms with Crippen molar-refractivity contribution in [1.29, 1.82) is 0 Å². The summed E-state index contributed by atoms with van der Waals surface area (Å²) >= 11 is 0. The van der Waals surface area contributed by atoms with Crippen LogP contribution in [-0.4, -0.2) is 80.0 Å². The number of carbonyl (C=O) groups excluding carboxylic acids is 5. The fourth-order valence-corrected chi connectivity index (χ4v) is 5.78. The molecule has 50 heavy (non-hydrogen) atoms. The van der Waals surface area contributed by atoms with E-state index in [4.69, 9.17) is 0 Å². The standard InChI is InChI=1S/C37H44N8O5/c1-24(2)20-29-34(48)40-25(3)32(46)38-16-7-8-18-44(36(50)31-23-45-19-9-17-39-37(45)43-31)22-27-12-14-28(15-13-27)33(47)41-30(35(49)42-29)21-26-10-5-4-6-11-26/h4-6,9-15,17,19,23-25,29-30H,7-8,16,18,20-22H2,1-3H3,(H,38,46)(H,40,48)(H,41,47)(H,42,49)/t25-,29+,30-/m1/s1. The van der Waals surface area contributed by atoms with Gasteiger partial charge in [0.1, 0.15) is 23.8 Å². The highest BCUT2D eigenvalue weighted by Gasteiger charge is 2.30. The highest BCUT2D eigenvalue weighted by Crippen LogP contribution is 2.15. The van der Waals surface area contributed by atoms with Crippen molar-refractivity contribution in [3.63, 3.8) is 0 Å². The van der Waals surface area contributed by atoms with Crippen LogP contribution in [0, 0.1) is 5.92 Å². The van der Waals surface area contributed by atoms with E-state index >= 15 is 0 Å². The van der Waals surface area contributed by atoms with E-state index in [9.17, 15) is 24.0 Å². The summed E-state index contributed by atoms with van der Waals surface area (Å²) < 4.78 is 1.68. The van der Waals surface area contributed by atoms with E-state index in [-0.39, 0.29) is 36.4 Å². The number of benzene rings is 2. The Kier molecular flexibility index (Phi) is 11.9. The molecule has 4 heterocycles. The van der Waals surface area contributed by atoms with Crippen molar-refractivity contribution < 1.29 is 24.0 Å². The molecule has 262 valence electrons. The number of imidazole rings is 1. The third kappa shape index (κ3) is 9.52. The molecule has 0 saturated carbocycles. The number of hydrogen-bond donors (Lipinski definition) is 4. The Morgan fingerprint density at radius 1 is 0.880 bits per heavy atom. The van der Waals surface area contributed by atoms with E-state index in [1.807, 2.05) is 44.2 Å². The van der Waals surface area contributed by atoms with Crippen LogP contribution in [0.2, 0.25) is 0 Å². The third-order valence-corrected chi connectivity index (χ3v) is 8.48. The molecular weight excluding hydrogens is 636 g/mol. The number of fused-ring (bicyclic) bond motifs is 19. The van der Waals surface area contributed by atoms with Gasteiger partial charge in [0.25, 0.3) is 11.8 Å². The second-order valence-corrected chi connectivity index (χ2v) is 13.0. The first kappa shape index (κ1) is 35.7. The van der Waals surface area contributed by atoms with E-state index in [0.29, 0.717) is 43.7 Å². The molecule has 0 saturated heterocycles. The number of nitrogens with zero attached hydrogens (tertiary/aromatic N) is 4. The molecule has 0 radical (unpaired) electrons. The Morgan fingerprint density at radius 3 is 2.34 bits per heavy atom. The number of aromatic nitrogens is 3. The SMILES string of the molecule is CC(C)C[C@@H]1NC(=O)[C@@H](Cc2ccccc2)NC(=O)c2ccc(cc2)CN(C(=O)c2cn3cccnc3n2)CCCCNC(=O)[C@@H](C)NC1=O. The van der Waals surface area contributed by atoms with Gasteiger partial charge >= 0.3 is 0 Å². The minimum absolute atomic E-state index is 0.0566. The molecule has 2 bridgehead atoms. The topological polar surface area (TPSA) is 167 Å². The van der Waals surface area contributed by atoms with Crippen molar-refractivity contribution >= 4 is 35.3 Å². The van der Waals surface area contributed by atoms with Crippen molar-refractivity contribution in [3.8, 4) is 0 Å². The number of carbonyl (C=O) groups is 5. The Morgan fingerprint density at radius 2 is 1.62 bits per heavy atom. The highest BCUT2D eigenvalue weighted by molar-refractivity contribution is 5.99. The van der Waals surface area contributed by atoms with Gasteiger partial charge in [-0.3, -0.25) is 28.4 Å². The molecule has 4 N–H and O–H groups in total. The number of nitrogens with one attached hydrogen (secondary N) is 4. The van der Waals surface area contributed by atoms with E-state index < -0.39 is 35.8 Å². The van der Waals surface area contributed by atoms with E-state index in [1.165, 1.54) is 0 Å². The van der Waals surface area contributed by atoms with Gasteiger partial charge in [0, 0.05) is 50.2 Å². The summed E-state index contributed by atoms with van der Waals surface area (Å²) in [6.07, 6.45) is 6.71. The summed E-state index contributed by atoms with van der Waals surface area (Å²) in [6.45, 7) is 6.44. The molecule has 13 nitrogen and oxygen atoms in total. The third-order valence-electron chi connectivity index (χ3n) is 8.48. The van der Waals surface area contributed by atoms with Gasteiger partial charge in [0.2, 0.25) is 23.5 Å². The van der Waals surface area contributed by atoms with Crippen molar-refractivity contribution in [2.24, 2.45) is 5.92 Å². The molecule has 2 aromatic heterocycles. The predicted octanol–water partition coefficient (Wildman–Crippen LogP) is 2.66. The Labute approximate surface area is 291 Å². The summed E-state index contributed by atoms with van der Waals surface area (Å²) in [6, 6.07) is 15.2. The van der Waals surface area contributed by atoms with Crippen LogP contribution in [0.15, 0.2) is 79.3 Å². The van der Waals surface area contributed by atoms with Crippen LogP contribution < -0.4 is 21.3 Å². The lowest BCUT2D eigenvalue weighted by molar-refractivity contribution is -0.132. The number of amides is 5. The van der Waals surface area contributed by atoms with Gasteiger partial charge in [0.05, 0.1) is 0 Å². The first-order valence-corrected chi connectivity index (χ1v) is 17.0. The van der Waals surface area contributed by atoms with Crippen molar-refractivity contribution in [2.45, 2.75) is 71.1 Å². The van der Waals surface area contributed by atoms with Crippen LogP contribution >= 0.6 is 0 Å². The van der Waals surface area contributed by atoms with Gasteiger partial charge in [-0.25, -0.2) is 9.97 Å². The van der Waals surface area contributed by atoms with Crippen molar-refractivity contribution in [3.05, 3.63) is 102 Å². The molecule has 0 fully saturated rings. The first-order chi connectivity index (χ1) is 24.1. The lowest BCUT2D eigenvalue weighted by atomic mass is 10.0. The zero-order valence-electron chi connectivity index (χ0n) is 28.6. The molecule has 0 aliphatic carbocycles. The summed E-state index contributed by atoms with van der Waals surface area (Å²) in [5.74, 6) is -1.63. The Hall–Kier alpha value is -5.59. The van der Waals surface area contributed by atoms with Gasteiger partial charge < -0.3 is 26.2 Å². The molecule has 0 spiro atoms. The summed E-state index contributed by atoms with van der Waals surface area (Å²) in [4.78, 5) is 77.6. The average molecular weight is 681 g/mol. The molecular formula is C37H44N8O5. The van der Waals surface area contributed by atoms with E-state index in [2.05, 4.69) is 31.2 Å². The second kappa shape index (κ2) is 16.7. The normalized spacial score (nSPS) is 20.1. The van der Waals surface area contributed by atoms with Crippen LogP contribution in [0.1, 0.15) is 72.0 Å². The Bertz CT molecular complexity index is 1770. The number of hydrogen-bond acceptors (Lipinski definition) is 7. The van der Waals surface area contributed by atoms with Crippen LogP contribution in [0.4, 0.5) is 0 Å². The van der Waals surface area contributed by atoms with Gasteiger partial charge in [-0.05, 0) is 61.4 Å². The maximum atomic E-state index is 13.8. The minimum atomic E-state index is -0.991. The fourth-order valence-electron chi connectivity index (χ4n) is 5.78. The molecule has 13 heteroatoms. The van der Waals surface area contributed by atoms with Gasteiger partial charge in [0.15, 0.2) is 0 Å². The van der Waals surface area contributed by atoms with Crippen LogP contribution in [-0.2, 0) is 27.3 Å². The largest absolute Gasteiger partial charge is 0.354 e. The van der Waals surface area contributed by atoms with Crippen molar-refractivity contribution in [2.75, 3.05) is 13.1 Å². The second-order valence-electron chi connectivity index (χ2n) is 13.0. The molecule has 5 amide bonds. The molecule has 2 aliphatic heterocycles. The maximum Gasteiger partial charge on any atom is 0.274 e. The first-order valence-electron chi connectivity index (χ1n) is 17.0. The maximum absolute atomic E-state index is 13.8. The summed E-state index contributed by atoms with van der Waals surface area (Å²) in [5.41, 5.74) is 2.21. The van der Waals surface area contributed by atoms with E-state index in [0.717, 1.165) is 11.1 Å². The van der Waals surface area contributed by atoms with Gasteiger partial charge in [-0.1, -0.05) is 56.3 Å². The monoisotopic (exact) mass is 680 g/mol. The molecule has 4 aromatic rings. The van der Waals surface area contributed by atoms with Crippen LogP contribution in [0.25, 0.3) is 5.78 Å². The molecule has 3 atom stereocenters. The molecule has 6 rings (SSSR count). The molecule has 2 aromatic carbocycles. The quantitative estimate of drug-likeness (QED) is 0.235. The number of rotatable bonds is 5. The lowest BCUT2D eigenvalue weighted by Crippen LogP contribution is -2.57. The van der Waals surface area contributed by atoms with Crippen LogP contribution in [0.5, 0.6) is 0 Å². The van der Waals surface area contributed by atoms with Gasteiger partial charge in [-0.15, -0.1) is 0 Å². The van der Waals surface area contributed by atoms with Crippen LogP contribution in [0.3, 0.4) is 0 Å². The van der Waals surface area contributed by atoms with Gasteiger partial charge in [-0.2, -0.15) is 0 Å². The molecule has 0 unspecified atom stereocenters. The molecule has 2 aliphatic rings. The summed E-state index contributed by atoms with van der Waals surface area (Å²) in [7, 11) is 0. The fraction of sp³-hybridized carbons (Fsp3) is 0.378. The summed E-state index contributed by atoms with van der Waals surface area (Å²) in [5, 5.41) is 11.3. The van der Waals surface area contributed by atoms with Crippen molar-refractivity contribution in [1.82, 2.24) is 40.5 Å².